The number of rotatable bonds is 2. The van der Waals surface area contributed by atoms with E-state index >= 15 is 0 Å². The fourth-order valence-electron chi connectivity index (χ4n) is 2.64. The van der Waals surface area contributed by atoms with Crippen LogP contribution in [0.4, 0.5) is 0 Å². The fourth-order valence-corrected chi connectivity index (χ4v) is 3.10. The third-order valence-corrected chi connectivity index (χ3v) is 4.26. The van der Waals surface area contributed by atoms with Crippen LogP contribution in [0.2, 0.25) is 5.02 Å². The van der Waals surface area contributed by atoms with Gasteiger partial charge in [0.2, 0.25) is 0 Å². The van der Waals surface area contributed by atoms with E-state index in [9.17, 15) is 14.4 Å². The van der Waals surface area contributed by atoms with Crippen molar-refractivity contribution in [3.63, 3.8) is 0 Å². The summed E-state index contributed by atoms with van der Waals surface area (Å²) in [6.45, 7) is 6.01. The number of amides is 2. The number of halogens is 1. The van der Waals surface area contributed by atoms with E-state index in [2.05, 4.69) is 0 Å². The minimum atomic E-state index is -0.822. The van der Waals surface area contributed by atoms with Gasteiger partial charge in [-0.3, -0.25) is 9.59 Å². The zero-order valence-electron chi connectivity index (χ0n) is 14.0. The highest BCUT2D eigenvalue weighted by Crippen LogP contribution is 2.30. The van der Waals surface area contributed by atoms with Crippen molar-refractivity contribution in [3.8, 4) is 0 Å². The number of benzene rings is 2. The van der Waals surface area contributed by atoms with Gasteiger partial charge in [-0.25, -0.2) is 4.79 Å². The topological polar surface area (TPSA) is 63.7 Å². The number of carbonyl (C=O) groups excluding carboxylic acids is 3. The summed E-state index contributed by atoms with van der Waals surface area (Å²) in [7, 11) is 0. The molecule has 6 heteroatoms. The van der Waals surface area contributed by atoms with E-state index in [0.717, 1.165) is 5.56 Å². The SMILES string of the molecule is CC(C)(C)c1ccc(C(=O)ON2C(=O)c3ccccc3C2=O)cc1Cl. The second-order valence-electron chi connectivity index (χ2n) is 6.77. The first-order valence-corrected chi connectivity index (χ1v) is 8.08. The lowest BCUT2D eigenvalue weighted by molar-refractivity contribution is -0.0584. The van der Waals surface area contributed by atoms with E-state index in [1.165, 1.54) is 18.2 Å². The molecule has 3 rings (SSSR count). The van der Waals surface area contributed by atoms with Gasteiger partial charge in [0.15, 0.2) is 0 Å². The van der Waals surface area contributed by atoms with E-state index in [-0.39, 0.29) is 22.1 Å². The van der Waals surface area contributed by atoms with Gasteiger partial charge in [0.05, 0.1) is 16.7 Å². The third-order valence-electron chi connectivity index (χ3n) is 3.94. The van der Waals surface area contributed by atoms with Crippen LogP contribution in [0.25, 0.3) is 0 Å². The number of hydroxylamine groups is 2. The molecule has 0 aromatic heterocycles. The summed E-state index contributed by atoms with van der Waals surface area (Å²) in [5, 5.41) is 0.905. The number of hydrogen-bond donors (Lipinski definition) is 0. The molecule has 0 atom stereocenters. The number of carbonyl (C=O) groups is 3. The Morgan fingerprint density at radius 1 is 1.00 bits per heavy atom. The van der Waals surface area contributed by atoms with Crippen molar-refractivity contribution in [2.24, 2.45) is 0 Å². The summed E-state index contributed by atoms with van der Waals surface area (Å²) >= 11 is 6.25. The number of nitrogens with zero attached hydrogens (tertiary/aromatic N) is 1. The Morgan fingerprint density at radius 3 is 2.04 bits per heavy atom. The molecule has 5 nitrogen and oxygen atoms in total. The molecule has 0 unspecified atom stereocenters. The summed E-state index contributed by atoms with van der Waals surface area (Å²) in [4.78, 5) is 41.8. The monoisotopic (exact) mass is 357 g/mol. The molecule has 1 aliphatic heterocycles. The van der Waals surface area contributed by atoms with Crippen LogP contribution in [0, 0.1) is 0 Å². The summed E-state index contributed by atoms with van der Waals surface area (Å²) in [5.74, 6) is -2.14. The van der Waals surface area contributed by atoms with Crippen LogP contribution in [-0.4, -0.2) is 22.8 Å². The van der Waals surface area contributed by atoms with Gasteiger partial charge in [0.25, 0.3) is 11.8 Å². The molecule has 1 aliphatic rings. The first kappa shape index (κ1) is 17.2. The maximum absolute atomic E-state index is 12.3. The van der Waals surface area contributed by atoms with Gasteiger partial charge >= 0.3 is 5.97 Å². The van der Waals surface area contributed by atoms with E-state index in [1.807, 2.05) is 20.8 Å². The Bertz CT molecular complexity index is 864. The lowest BCUT2D eigenvalue weighted by Crippen LogP contribution is -2.32. The van der Waals surface area contributed by atoms with E-state index in [4.69, 9.17) is 16.4 Å². The van der Waals surface area contributed by atoms with Gasteiger partial charge in [0.1, 0.15) is 0 Å². The number of hydrogen-bond acceptors (Lipinski definition) is 4. The van der Waals surface area contributed by atoms with Crippen LogP contribution in [0.1, 0.15) is 57.4 Å². The van der Waals surface area contributed by atoms with Crippen molar-refractivity contribution in [1.29, 1.82) is 0 Å². The van der Waals surface area contributed by atoms with Crippen molar-refractivity contribution in [1.82, 2.24) is 5.06 Å². The summed E-state index contributed by atoms with van der Waals surface area (Å²) in [6, 6.07) is 11.1. The van der Waals surface area contributed by atoms with Crippen molar-refractivity contribution in [2.75, 3.05) is 0 Å². The molecule has 2 amide bonds. The molecule has 0 N–H and O–H groups in total. The molecule has 0 fully saturated rings. The number of fused-ring (bicyclic) bond motifs is 1. The highest BCUT2D eigenvalue weighted by molar-refractivity contribution is 6.31. The molecule has 0 radical (unpaired) electrons. The molecule has 128 valence electrons. The van der Waals surface area contributed by atoms with Crippen molar-refractivity contribution in [3.05, 3.63) is 69.7 Å². The van der Waals surface area contributed by atoms with E-state index in [1.54, 1.807) is 24.3 Å². The van der Waals surface area contributed by atoms with Gasteiger partial charge in [0, 0.05) is 5.02 Å². The van der Waals surface area contributed by atoms with E-state index in [0.29, 0.717) is 10.1 Å². The molecule has 0 bridgehead atoms. The van der Waals surface area contributed by atoms with Crippen LogP contribution in [0.3, 0.4) is 0 Å². The minimum Gasteiger partial charge on any atom is -0.324 e. The van der Waals surface area contributed by atoms with Crippen molar-refractivity contribution < 1.29 is 19.2 Å². The average molecular weight is 358 g/mol. The van der Waals surface area contributed by atoms with Crippen LogP contribution >= 0.6 is 11.6 Å². The molecular formula is C19H16ClNO4. The molecule has 25 heavy (non-hydrogen) atoms. The molecule has 0 saturated carbocycles. The maximum Gasteiger partial charge on any atom is 0.364 e. The second kappa shape index (κ2) is 6.01. The maximum atomic E-state index is 12.3. The van der Waals surface area contributed by atoms with Crippen LogP contribution < -0.4 is 0 Å². The Morgan fingerprint density at radius 2 is 1.56 bits per heavy atom. The fraction of sp³-hybridized carbons (Fsp3) is 0.211. The Balaban J connectivity index is 1.83. The quantitative estimate of drug-likeness (QED) is 0.762. The van der Waals surface area contributed by atoms with Gasteiger partial charge in [-0.15, -0.1) is 0 Å². The molecule has 0 spiro atoms. The largest absolute Gasteiger partial charge is 0.364 e. The molecule has 0 aliphatic carbocycles. The predicted octanol–water partition coefficient (Wildman–Crippen LogP) is 4.01. The van der Waals surface area contributed by atoms with Gasteiger partial charge < -0.3 is 4.84 Å². The Hall–Kier alpha value is -2.66. The lowest BCUT2D eigenvalue weighted by atomic mass is 9.86. The minimum absolute atomic E-state index is 0.162. The summed E-state index contributed by atoms with van der Waals surface area (Å²) in [5.41, 5.74) is 1.28. The Labute approximate surface area is 150 Å². The van der Waals surface area contributed by atoms with Crippen molar-refractivity contribution >= 4 is 29.4 Å². The van der Waals surface area contributed by atoms with Gasteiger partial charge in [-0.1, -0.05) is 55.6 Å². The van der Waals surface area contributed by atoms with Gasteiger partial charge in [-0.05, 0) is 35.2 Å². The van der Waals surface area contributed by atoms with Gasteiger partial charge in [-0.2, -0.15) is 0 Å². The first-order valence-electron chi connectivity index (χ1n) is 7.70. The second-order valence-corrected chi connectivity index (χ2v) is 7.18. The average Bonchev–Trinajstić information content (AvgIpc) is 2.79. The molecular weight excluding hydrogens is 342 g/mol. The van der Waals surface area contributed by atoms with E-state index < -0.39 is 17.8 Å². The number of imide groups is 1. The lowest BCUT2D eigenvalue weighted by Gasteiger charge is -2.21. The zero-order valence-corrected chi connectivity index (χ0v) is 14.8. The highest BCUT2D eigenvalue weighted by Gasteiger charge is 2.38. The smallest absolute Gasteiger partial charge is 0.324 e. The molecule has 0 saturated heterocycles. The predicted molar refractivity (Wildman–Crippen MR) is 92.5 cm³/mol. The molecule has 2 aromatic rings. The van der Waals surface area contributed by atoms with Crippen molar-refractivity contribution in [2.45, 2.75) is 26.2 Å². The van der Waals surface area contributed by atoms with Crippen LogP contribution in [0.5, 0.6) is 0 Å². The normalized spacial score (nSPS) is 13.8. The highest BCUT2D eigenvalue weighted by atomic mass is 35.5. The first-order chi connectivity index (χ1) is 11.7. The summed E-state index contributed by atoms with van der Waals surface area (Å²) in [6.07, 6.45) is 0. The standard InChI is InChI=1S/C19H16ClNO4/c1-19(2,3)14-9-8-11(10-15(14)20)18(24)25-21-16(22)12-6-4-5-7-13(12)17(21)23/h4-10H,1-3H3. The van der Waals surface area contributed by atoms with Crippen LogP contribution in [-0.2, 0) is 10.3 Å². The molecule has 1 heterocycles. The molecule has 2 aromatic carbocycles. The van der Waals surface area contributed by atoms with Crippen LogP contribution in [0.15, 0.2) is 42.5 Å². The summed E-state index contributed by atoms with van der Waals surface area (Å²) < 4.78 is 0. The zero-order chi connectivity index (χ0) is 18.4. The Kier molecular flexibility index (Phi) is 4.13. The third kappa shape index (κ3) is 3.03.